The highest BCUT2D eigenvalue weighted by Gasteiger charge is 2.15. The van der Waals surface area contributed by atoms with Crippen LogP contribution < -0.4 is 16.2 Å². The van der Waals surface area contributed by atoms with Crippen molar-refractivity contribution in [3.63, 3.8) is 0 Å². The molecule has 5 N–H and O–H groups in total. The molecule has 1 rings (SSSR count). The van der Waals surface area contributed by atoms with Crippen LogP contribution in [0.25, 0.3) is 0 Å². The maximum atomic E-state index is 13.0. The van der Waals surface area contributed by atoms with E-state index in [0.717, 1.165) is 18.2 Å². The lowest BCUT2D eigenvalue weighted by Crippen LogP contribution is -2.28. The van der Waals surface area contributed by atoms with E-state index in [1.807, 2.05) is 0 Å². The fourth-order valence-electron chi connectivity index (χ4n) is 1.13. The van der Waals surface area contributed by atoms with Crippen molar-refractivity contribution in [1.82, 2.24) is 4.72 Å². The van der Waals surface area contributed by atoms with Gasteiger partial charge in [0.25, 0.3) is 0 Å². The van der Waals surface area contributed by atoms with Crippen molar-refractivity contribution in [1.29, 1.82) is 0 Å². The van der Waals surface area contributed by atoms with Gasteiger partial charge in [-0.3, -0.25) is 4.79 Å². The highest BCUT2D eigenvalue weighted by molar-refractivity contribution is 7.89. The normalized spacial score (nSPS) is 11.4. The number of anilines is 1. The van der Waals surface area contributed by atoms with Crippen molar-refractivity contribution in [2.75, 3.05) is 12.3 Å². The Morgan fingerprint density at radius 2 is 2.00 bits per heavy atom. The first-order valence-corrected chi connectivity index (χ1v) is 6.13. The molecule has 17 heavy (non-hydrogen) atoms. The van der Waals surface area contributed by atoms with Crippen LogP contribution in [0.2, 0.25) is 0 Å². The Morgan fingerprint density at radius 3 is 2.53 bits per heavy atom. The van der Waals surface area contributed by atoms with Crippen LogP contribution in [0.5, 0.6) is 0 Å². The lowest BCUT2D eigenvalue weighted by molar-refractivity contribution is -0.117. The van der Waals surface area contributed by atoms with Crippen molar-refractivity contribution in [2.24, 2.45) is 5.73 Å². The molecule has 0 aliphatic carbocycles. The fourth-order valence-corrected chi connectivity index (χ4v) is 2.23. The summed E-state index contributed by atoms with van der Waals surface area (Å²) in [5, 5.41) is 0. The van der Waals surface area contributed by atoms with Crippen LogP contribution in [-0.2, 0) is 14.8 Å². The number of carbonyl (C=O) groups is 1. The lowest BCUT2D eigenvalue weighted by atomic mass is 10.3. The number of primary amides is 1. The van der Waals surface area contributed by atoms with Gasteiger partial charge in [0.15, 0.2) is 0 Å². The van der Waals surface area contributed by atoms with Gasteiger partial charge in [-0.2, -0.15) is 0 Å². The molecule has 0 aliphatic heterocycles. The smallest absolute Gasteiger partial charge is 0.240 e. The van der Waals surface area contributed by atoms with E-state index in [1.165, 1.54) is 0 Å². The summed E-state index contributed by atoms with van der Waals surface area (Å²) in [5.41, 5.74) is 10.2. The number of nitrogens with one attached hydrogen (secondary N) is 1. The van der Waals surface area contributed by atoms with Crippen molar-refractivity contribution in [3.8, 4) is 0 Å². The third kappa shape index (κ3) is 4.00. The van der Waals surface area contributed by atoms with Crippen LogP contribution in [-0.4, -0.2) is 20.9 Å². The molecule has 0 aliphatic rings. The molecule has 6 nitrogen and oxygen atoms in total. The molecule has 0 bridgehead atoms. The first-order chi connectivity index (χ1) is 7.81. The van der Waals surface area contributed by atoms with Crippen molar-refractivity contribution < 1.29 is 17.6 Å². The summed E-state index contributed by atoms with van der Waals surface area (Å²) in [6.45, 7) is -0.145. The molecular weight excluding hydrogens is 249 g/mol. The molecule has 0 aromatic heterocycles. The van der Waals surface area contributed by atoms with E-state index in [-0.39, 0.29) is 23.5 Å². The molecule has 1 amide bonds. The van der Waals surface area contributed by atoms with Crippen LogP contribution in [0.3, 0.4) is 0 Å². The Bertz CT molecular complexity index is 510. The van der Waals surface area contributed by atoms with E-state index in [0.29, 0.717) is 0 Å². The number of hydrogen-bond acceptors (Lipinski definition) is 4. The molecule has 0 unspecified atom stereocenters. The Kier molecular flexibility index (Phi) is 4.02. The number of nitrogen functional groups attached to an aromatic ring is 1. The molecule has 0 spiro atoms. The molecule has 0 saturated heterocycles. The van der Waals surface area contributed by atoms with Gasteiger partial charge in [-0.05, 0) is 18.2 Å². The first kappa shape index (κ1) is 13.4. The summed E-state index contributed by atoms with van der Waals surface area (Å²) in [7, 11) is -3.88. The molecule has 1 aromatic rings. The third-order valence-corrected chi connectivity index (χ3v) is 3.31. The Balaban J connectivity index is 2.86. The van der Waals surface area contributed by atoms with E-state index in [2.05, 4.69) is 4.72 Å². The summed E-state index contributed by atoms with van der Waals surface area (Å²) in [5.74, 6) is -1.38. The Hall–Kier alpha value is -1.67. The van der Waals surface area contributed by atoms with Crippen molar-refractivity contribution in [2.45, 2.75) is 11.3 Å². The number of amides is 1. The average molecular weight is 261 g/mol. The topological polar surface area (TPSA) is 115 Å². The van der Waals surface area contributed by atoms with Crippen LogP contribution in [0.1, 0.15) is 6.42 Å². The number of rotatable bonds is 5. The van der Waals surface area contributed by atoms with E-state index < -0.39 is 21.7 Å². The highest BCUT2D eigenvalue weighted by atomic mass is 32.2. The Labute approximate surface area is 97.8 Å². The monoisotopic (exact) mass is 261 g/mol. The first-order valence-electron chi connectivity index (χ1n) is 4.65. The van der Waals surface area contributed by atoms with Gasteiger partial charge >= 0.3 is 0 Å². The zero-order valence-electron chi connectivity index (χ0n) is 8.81. The summed E-state index contributed by atoms with van der Waals surface area (Å²) in [6, 6.07) is 2.96. The summed E-state index contributed by atoms with van der Waals surface area (Å²) >= 11 is 0. The number of benzene rings is 1. The highest BCUT2D eigenvalue weighted by Crippen LogP contribution is 2.15. The fraction of sp³-hybridized carbons (Fsp3) is 0.222. The van der Waals surface area contributed by atoms with Crippen LogP contribution in [0.15, 0.2) is 23.1 Å². The molecule has 94 valence electrons. The molecule has 0 heterocycles. The van der Waals surface area contributed by atoms with Crippen LogP contribution in [0, 0.1) is 5.82 Å². The van der Waals surface area contributed by atoms with Gasteiger partial charge in [-0.15, -0.1) is 0 Å². The molecule has 8 heteroatoms. The predicted octanol–water partition coefficient (Wildman–Crippen LogP) is -0.438. The van der Waals surface area contributed by atoms with E-state index >= 15 is 0 Å². The van der Waals surface area contributed by atoms with Gasteiger partial charge < -0.3 is 11.5 Å². The minimum atomic E-state index is -3.88. The summed E-state index contributed by atoms with van der Waals surface area (Å²) in [4.78, 5) is 10.1. The molecule has 0 saturated carbocycles. The largest absolute Gasteiger partial charge is 0.399 e. The maximum absolute atomic E-state index is 13.0. The SMILES string of the molecule is NC(=O)CCNS(=O)(=O)c1cc(N)cc(F)c1. The van der Waals surface area contributed by atoms with Crippen LogP contribution in [0.4, 0.5) is 10.1 Å². The lowest BCUT2D eigenvalue weighted by Gasteiger charge is -2.06. The van der Waals surface area contributed by atoms with E-state index in [4.69, 9.17) is 11.5 Å². The molecular formula is C9H12FN3O3S. The average Bonchev–Trinajstić information content (AvgIpc) is 2.14. The van der Waals surface area contributed by atoms with Gasteiger partial charge in [0.2, 0.25) is 15.9 Å². The number of halogens is 1. The number of sulfonamides is 1. The number of carbonyl (C=O) groups excluding carboxylic acids is 1. The second-order valence-electron chi connectivity index (χ2n) is 3.33. The van der Waals surface area contributed by atoms with Gasteiger partial charge in [0.05, 0.1) is 4.90 Å². The van der Waals surface area contributed by atoms with Crippen LogP contribution >= 0.6 is 0 Å². The molecule has 0 fully saturated rings. The van der Waals surface area contributed by atoms with Gasteiger partial charge in [0.1, 0.15) is 5.82 Å². The van der Waals surface area contributed by atoms with Gasteiger partial charge in [-0.1, -0.05) is 0 Å². The minimum Gasteiger partial charge on any atom is -0.399 e. The number of hydrogen-bond donors (Lipinski definition) is 3. The summed E-state index contributed by atoms with van der Waals surface area (Å²) < 4.78 is 38.3. The minimum absolute atomic E-state index is 0.000256. The third-order valence-electron chi connectivity index (χ3n) is 1.87. The zero-order chi connectivity index (χ0) is 13.1. The van der Waals surface area contributed by atoms with Gasteiger partial charge in [0, 0.05) is 18.7 Å². The van der Waals surface area contributed by atoms with Gasteiger partial charge in [-0.25, -0.2) is 17.5 Å². The standard InChI is InChI=1S/C9H12FN3O3S/c10-6-3-7(11)5-8(4-6)17(15,16)13-2-1-9(12)14/h3-5,13H,1-2,11H2,(H2,12,14). The molecule has 0 radical (unpaired) electrons. The van der Waals surface area contributed by atoms with Crippen molar-refractivity contribution >= 4 is 21.6 Å². The van der Waals surface area contributed by atoms with E-state index in [1.54, 1.807) is 0 Å². The molecule has 0 atom stereocenters. The predicted molar refractivity (Wildman–Crippen MR) is 59.8 cm³/mol. The number of nitrogens with two attached hydrogens (primary N) is 2. The second kappa shape index (κ2) is 5.11. The second-order valence-corrected chi connectivity index (χ2v) is 5.10. The zero-order valence-corrected chi connectivity index (χ0v) is 9.63. The van der Waals surface area contributed by atoms with E-state index in [9.17, 15) is 17.6 Å². The molecule has 1 aromatic carbocycles. The van der Waals surface area contributed by atoms with Crippen molar-refractivity contribution in [3.05, 3.63) is 24.0 Å². The quantitative estimate of drug-likeness (QED) is 0.623. The maximum Gasteiger partial charge on any atom is 0.240 e. The Morgan fingerprint density at radius 1 is 1.35 bits per heavy atom. The summed E-state index contributed by atoms with van der Waals surface area (Å²) in [6.07, 6.45) is -0.135.